The molecule has 0 aromatic heterocycles. The third-order valence-corrected chi connectivity index (χ3v) is 4.34. The Labute approximate surface area is 151 Å². The van der Waals surface area contributed by atoms with Gasteiger partial charge in [0.1, 0.15) is 5.82 Å². The minimum atomic E-state index is -1.24. The van der Waals surface area contributed by atoms with Gasteiger partial charge in [0.05, 0.1) is 24.3 Å². The molecule has 3 nitrogen and oxygen atoms in total. The first-order chi connectivity index (χ1) is 12.1. The highest BCUT2D eigenvalue weighted by molar-refractivity contribution is 5.40. The summed E-state index contributed by atoms with van der Waals surface area (Å²) in [6, 6.07) is 3.80. The predicted molar refractivity (Wildman–Crippen MR) is 101 cm³/mol. The topological polar surface area (TPSA) is 66.5 Å². The van der Waals surface area contributed by atoms with Crippen molar-refractivity contribution in [2.45, 2.75) is 76.9 Å². The van der Waals surface area contributed by atoms with Gasteiger partial charge < -0.3 is 15.9 Å². The lowest BCUT2D eigenvalue weighted by atomic mass is 10.00. The largest absolute Gasteiger partial charge is 0.395 e. The SMILES string of the molecule is CCCCCCCCCCC#Cc1cccc(C(O)C(N)CO)c1F. The zero-order valence-electron chi connectivity index (χ0n) is 15.3. The van der Waals surface area contributed by atoms with Crippen LogP contribution in [0.4, 0.5) is 4.39 Å². The molecule has 0 aliphatic rings. The summed E-state index contributed by atoms with van der Waals surface area (Å²) in [5.41, 5.74) is 5.92. The Morgan fingerprint density at radius 3 is 2.36 bits per heavy atom. The highest BCUT2D eigenvalue weighted by Crippen LogP contribution is 2.21. The maximum Gasteiger partial charge on any atom is 0.144 e. The molecule has 4 N–H and O–H groups in total. The van der Waals surface area contributed by atoms with E-state index < -0.39 is 24.6 Å². The first kappa shape index (κ1) is 21.6. The number of aliphatic hydroxyl groups is 2. The van der Waals surface area contributed by atoms with Crippen molar-refractivity contribution in [2.75, 3.05) is 6.61 Å². The number of hydrogen-bond donors (Lipinski definition) is 3. The van der Waals surface area contributed by atoms with E-state index in [1.54, 1.807) is 12.1 Å². The van der Waals surface area contributed by atoms with Crippen molar-refractivity contribution in [3.63, 3.8) is 0 Å². The van der Waals surface area contributed by atoms with Crippen LogP contribution in [0.3, 0.4) is 0 Å². The van der Waals surface area contributed by atoms with Crippen LogP contribution in [-0.4, -0.2) is 22.9 Å². The molecule has 0 saturated carbocycles. The molecule has 0 amide bonds. The first-order valence-electron chi connectivity index (χ1n) is 9.43. The van der Waals surface area contributed by atoms with Crippen molar-refractivity contribution >= 4 is 0 Å². The van der Waals surface area contributed by atoms with Crippen LogP contribution >= 0.6 is 0 Å². The molecule has 2 atom stereocenters. The van der Waals surface area contributed by atoms with E-state index in [2.05, 4.69) is 18.8 Å². The second-order valence-corrected chi connectivity index (χ2v) is 6.53. The number of hydrogen-bond acceptors (Lipinski definition) is 3. The maximum absolute atomic E-state index is 14.4. The summed E-state index contributed by atoms with van der Waals surface area (Å²) in [4.78, 5) is 0. The van der Waals surface area contributed by atoms with Crippen molar-refractivity contribution in [1.29, 1.82) is 0 Å². The lowest BCUT2D eigenvalue weighted by Gasteiger charge is -2.17. The zero-order valence-corrected chi connectivity index (χ0v) is 15.3. The molecule has 0 fully saturated rings. The van der Waals surface area contributed by atoms with Crippen LogP contribution in [0.5, 0.6) is 0 Å². The summed E-state index contributed by atoms with van der Waals surface area (Å²) in [5, 5.41) is 19.0. The van der Waals surface area contributed by atoms with Gasteiger partial charge in [-0.2, -0.15) is 0 Å². The molecular weight excluding hydrogens is 317 g/mol. The van der Waals surface area contributed by atoms with E-state index in [-0.39, 0.29) is 11.1 Å². The molecule has 0 aliphatic heterocycles. The molecule has 0 aliphatic carbocycles. The monoisotopic (exact) mass is 349 g/mol. The van der Waals surface area contributed by atoms with Gasteiger partial charge in [0.15, 0.2) is 0 Å². The van der Waals surface area contributed by atoms with E-state index in [1.807, 2.05) is 0 Å². The first-order valence-corrected chi connectivity index (χ1v) is 9.43. The average molecular weight is 349 g/mol. The minimum Gasteiger partial charge on any atom is -0.395 e. The number of nitrogens with two attached hydrogens (primary N) is 1. The molecule has 4 heteroatoms. The second-order valence-electron chi connectivity index (χ2n) is 6.53. The van der Waals surface area contributed by atoms with Crippen LogP contribution in [0.25, 0.3) is 0 Å². The summed E-state index contributed by atoms with van der Waals surface area (Å²) in [6.45, 7) is 1.81. The molecule has 140 valence electrons. The molecule has 0 heterocycles. The van der Waals surface area contributed by atoms with E-state index in [9.17, 15) is 9.50 Å². The summed E-state index contributed by atoms with van der Waals surface area (Å²) < 4.78 is 14.4. The predicted octanol–water partition coefficient (Wildman–Crippen LogP) is 4.06. The standard InChI is InChI=1S/C21H32FNO2/c1-2-3-4-5-6-7-8-9-10-11-13-17-14-12-15-18(20(17)22)21(25)19(23)16-24/h12,14-15,19,21,24-25H,2-10,16,23H2,1H3. The van der Waals surface area contributed by atoms with Gasteiger partial charge in [0.25, 0.3) is 0 Å². The van der Waals surface area contributed by atoms with Gasteiger partial charge in [-0.15, -0.1) is 0 Å². The molecule has 0 spiro atoms. The second kappa shape index (κ2) is 12.9. The molecule has 1 aromatic carbocycles. The fourth-order valence-corrected chi connectivity index (χ4v) is 2.71. The van der Waals surface area contributed by atoms with E-state index in [4.69, 9.17) is 10.8 Å². The molecule has 0 radical (unpaired) electrons. The molecule has 1 rings (SSSR count). The van der Waals surface area contributed by atoms with Crippen LogP contribution in [-0.2, 0) is 0 Å². The lowest BCUT2D eigenvalue weighted by Crippen LogP contribution is -2.32. The number of aliphatic hydroxyl groups excluding tert-OH is 2. The van der Waals surface area contributed by atoms with Gasteiger partial charge in [0.2, 0.25) is 0 Å². The summed E-state index contributed by atoms with van der Waals surface area (Å²) in [7, 11) is 0. The zero-order chi connectivity index (χ0) is 18.5. The third kappa shape index (κ3) is 8.00. The van der Waals surface area contributed by atoms with Crippen LogP contribution in [0.15, 0.2) is 18.2 Å². The van der Waals surface area contributed by atoms with Crippen LogP contribution < -0.4 is 5.73 Å². The van der Waals surface area contributed by atoms with E-state index in [1.165, 1.54) is 44.6 Å². The average Bonchev–Trinajstić information content (AvgIpc) is 2.63. The highest BCUT2D eigenvalue weighted by atomic mass is 19.1. The van der Waals surface area contributed by atoms with Crippen molar-refractivity contribution in [1.82, 2.24) is 0 Å². The van der Waals surface area contributed by atoms with Crippen LogP contribution in [0.1, 0.15) is 81.9 Å². The van der Waals surface area contributed by atoms with Crippen molar-refractivity contribution in [3.8, 4) is 11.8 Å². The fourth-order valence-electron chi connectivity index (χ4n) is 2.71. The molecule has 0 saturated heterocycles. The number of halogens is 1. The highest BCUT2D eigenvalue weighted by Gasteiger charge is 2.20. The Balaban J connectivity index is 2.42. The van der Waals surface area contributed by atoms with Gasteiger partial charge in [0, 0.05) is 12.0 Å². The van der Waals surface area contributed by atoms with E-state index in [0.29, 0.717) is 0 Å². The third-order valence-electron chi connectivity index (χ3n) is 4.34. The quantitative estimate of drug-likeness (QED) is 0.417. The summed E-state index contributed by atoms with van der Waals surface area (Å²) >= 11 is 0. The molecule has 2 unspecified atom stereocenters. The minimum absolute atomic E-state index is 0.0837. The molecule has 25 heavy (non-hydrogen) atoms. The van der Waals surface area contributed by atoms with Gasteiger partial charge in [-0.1, -0.05) is 75.8 Å². The van der Waals surface area contributed by atoms with Gasteiger partial charge in [-0.3, -0.25) is 0 Å². The normalized spacial score (nSPS) is 13.2. The molecular formula is C21H32FNO2. The Morgan fingerprint density at radius 2 is 1.72 bits per heavy atom. The molecule has 1 aromatic rings. The van der Waals surface area contributed by atoms with Gasteiger partial charge in [-0.25, -0.2) is 4.39 Å². The van der Waals surface area contributed by atoms with Crippen LogP contribution in [0.2, 0.25) is 0 Å². The Kier molecular flexibility index (Phi) is 11.1. The van der Waals surface area contributed by atoms with E-state index >= 15 is 0 Å². The number of unbranched alkanes of at least 4 members (excludes halogenated alkanes) is 8. The fraction of sp³-hybridized carbons (Fsp3) is 0.619. The van der Waals surface area contributed by atoms with E-state index in [0.717, 1.165) is 19.3 Å². The lowest BCUT2D eigenvalue weighted by molar-refractivity contribution is 0.106. The van der Waals surface area contributed by atoms with Crippen molar-refractivity contribution in [3.05, 3.63) is 35.1 Å². The number of benzene rings is 1. The van der Waals surface area contributed by atoms with Crippen molar-refractivity contribution in [2.24, 2.45) is 5.73 Å². The Morgan fingerprint density at radius 1 is 1.08 bits per heavy atom. The number of rotatable bonds is 11. The summed E-state index contributed by atoms with van der Waals surface area (Å²) in [5.74, 6) is 5.30. The van der Waals surface area contributed by atoms with Gasteiger partial charge in [-0.05, 0) is 12.5 Å². The maximum atomic E-state index is 14.4. The molecule has 0 bridgehead atoms. The smallest absolute Gasteiger partial charge is 0.144 e. The Hall–Kier alpha value is -1.41. The van der Waals surface area contributed by atoms with Crippen LogP contribution in [0, 0.1) is 17.7 Å². The summed E-state index contributed by atoms with van der Waals surface area (Å²) in [6.07, 6.45) is 9.47. The van der Waals surface area contributed by atoms with Crippen molar-refractivity contribution < 1.29 is 14.6 Å². The Bertz CT molecular complexity index is 551. The van der Waals surface area contributed by atoms with Gasteiger partial charge >= 0.3 is 0 Å².